The van der Waals surface area contributed by atoms with Gasteiger partial charge in [-0.15, -0.1) is 0 Å². The van der Waals surface area contributed by atoms with Crippen LogP contribution in [0.5, 0.6) is 11.5 Å². The van der Waals surface area contributed by atoms with Crippen molar-refractivity contribution in [3.63, 3.8) is 0 Å². The Bertz CT molecular complexity index is 1100. The summed E-state index contributed by atoms with van der Waals surface area (Å²) in [6.07, 6.45) is 0.597. The quantitative estimate of drug-likeness (QED) is 0.524. The zero-order chi connectivity index (χ0) is 21.4. The number of nitrogens with zero attached hydrogens (tertiary/aromatic N) is 2. The average Bonchev–Trinajstić information content (AvgIpc) is 3.18. The standard InChI is InChI=1S/C22H20N2O4S2/c1-23-15-7-5-4-6-14(15)18(20(23)25)19-21(26)24(22(29)30-19)11-10-13-8-9-16(27-2)17(12-13)28-3/h4-9,12H,10-11H2,1-3H3/b19-18+. The van der Waals surface area contributed by atoms with Crippen LogP contribution in [0.25, 0.3) is 5.57 Å². The monoisotopic (exact) mass is 440 g/mol. The van der Waals surface area contributed by atoms with Gasteiger partial charge >= 0.3 is 0 Å². The zero-order valence-corrected chi connectivity index (χ0v) is 18.4. The highest BCUT2D eigenvalue weighted by molar-refractivity contribution is 8.26. The lowest BCUT2D eigenvalue weighted by molar-refractivity contribution is -0.122. The molecule has 2 heterocycles. The van der Waals surface area contributed by atoms with E-state index in [0.29, 0.717) is 39.3 Å². The molecular formula is C22H20N2O4S2. The molecule has 1 saturated heterocycles. The van der Waals surface area contributed by atoms with Crippen molar-refractivity contribution in [1.82, 2.24) is 4.90 Å². The number of ether oxygens (including phenoxy) is 2. The van der Waals surface area contributed by atoms with E-state index in [1.54, 1.807) is 31.1 Å². The van der Waals surface area contributed by atoms with Gasteiger partial charge in [0.1, 0.15) is 4.32 Å². The van der Waals surface area contributed by atoms with Crippen molar-refractivity contribution in [2.75, 3.05) is 32.7 Å². The molecule has 154 valence electrons. The number of carbonyl (C=O) groups excluding carboxylic acids is 2. The van der Waals surface area contributed by atoms with E-state index in [0.717, 1.165) is 16.8 Å². The van der Waals surface area contributed by atoms with Gasteiger partial charge in [0, 0.05) is 19.2 Å². The van der Waals surface area contributed by atoms with E-state index in [1.807, 2.05) is 42.5 Å². The smallest absolute Gasteiger partial charge is 0.267 e. The maximum atomic E-state index is 13.2. The number of carbonyl (C=O) groups is 2. The molecule has 0 atom stereocenters. The third kappa shape index (κ3) is 3.36. The van der Waals surface area contributed by atoms with Crippen LogP contribution in [0, 0.1) is 0 Å². The normalized spacial score (nSPS) is 18.3. The van der Waals surface area contributed by atoms with Crippen LogP contribution in [0.15, 0.2) is 47.4 Å². The number of amides is 2. The lowest BCUT2D eigenvalue weighted by Gasteiger charge is -2.15. The van der Waals surface area contributed by atoms with E-state index < -0.39 is 0 Å². The van der Waals surface area contributed by atoms with Gasteiger partial charge in [-0.1, -0.05) is 48.2 Å². The fraction of sp³-hybridized carbons (Fsp3) is 0.227. The van der Waals surface area contributed by atoms with E-state index in [9.17, 15) is 9.59 Å². The Morgan fingerprint density at radius 3 is 2.47 bits per heavy atom. The van der Waals surface area contributed by atoms with Crippen molar-refractivity contribution in [3.8, 4) is 11.5 Å². The van der Waals surface area contributed by atoms with Gasteiger partial charge in [0.15, 0.2) is 11.5 Å². The number of fused-ring (bicyclic) bond motifs is 1. The summed E-state index contributed by atoms with van der Waals surface area (Å²) in [7, 11) is 4.89. The minimum Gasteiger partial charge on any atom is -0.493 e. The van der Waals surface area contributed by atoms with Crippen LogP contribution in [0.4, 0.5) is 5.69 Å². The number of likely N-dealkylation sites (N-methyl/N-ethyl adjacent to an activating group) is 1. The highest BCUT2D eigenvalue weighted by Gasteiger charge is 2.40. The van der Waals surface area contributed by atoms with Gasteiger partial charge in [-0.25, -0.2) is 0 Å². The molecule has 0 aliphatic carbocycles. The maximum absolute atomic E-state index is 13.2. The first-order chi connectivity index (χ1) is 14.5. The number of benzene rings is 2. The highest BCUT2D eigenvalue weighted by atomic mass is 32.2. The number of hydrogen-bond donors (Lipinski definition) is 0. The Morgan fingerprint density at radius 1 is 1.00 bits per heavy atom. The van der Waals surface area contributed by atoms with Gasteiger partial charge < -0.3 is 14.4 Å². The minimum atomic E-state index is -0.223. The van der Waals surface area contributed by atoms with Crippen molar-refractivity contribution in [1.29, 1.82) is 0 Å². The summed E-state index contributed by atoms with van der Waals surface area (Å²) in [5.74, 6) is 0.883. The number of hydrogen-bond acceptors (Lipinski definition) is 6. The third-order valence-electron chi connectivity index (χ3n) is 5.20. The molecule has 2 aliphatic rings. The second-order valence-electron chi connectivity index (χ2n) is 6.85. The molecule has 2 aromatic rings. The van der Waals surface area contributed by atoms with Crippen molar-refractivity contribution < 1.29 is 19.1 Å². The first-order valence-electron chi connectivity index (χ1n) is 9.32. The van der Waals surface area contributed by atoms with E-state index >= 15 is 0 Å². The molecule has 2 aliphatic heterocycles. The number of thioether (sulfide) groups is 1. The Labute approximate surface area is 184 Å². The van der Waals surface area contributed by atoms with Crippen LogP contribution in [-0.2, 0) is 16.0 Å². The summed E-state index contributed by atoms with van der Waals surface area (Å²) in [6.45, 7) is 0.419. The summed E-state index contributed by atoms with van der Waals surface area (Å²) in [5.41, 5.74) is 2.99. The number of thiocarbonyl (C=S) groups is 1. The Morgan fingerprint density at radius 2 is 1.73 bits per heavy atom. The summed E-state index contributed by atoms with van der Waals surface area (Å²) in [6, 6.07) is 13.1. The van der Waals surface area contributed by atoms with Crippen molar-refractivity contribution in [2.45, 2.75) is 6.42 Å². The van der Waals surface area contributed by atoms with Crippen molar-refractivity contribution in [3.05, 3.63) is 58.5 Å². The molecule has 0 N–H and O–H groups in total. The lowest BCUT2D eigenvalue weighted by Crippen LogP contribution is -2.30. The molecule has 0 unspecified atom stereocenters. The van der Waals surface area contributed by atoms with Gasteiger partial charge in [0.25, 0.3) is 11.8 Å². The Kier molecular flexibility index (Phi) is 5.53. The van der Waals surface area contributed by atoms with Crippen LogP contribution in [0.1, 0.15) is 11.1 Å². The lowest BCUT2D eigenvalue weighted by atomic mass is 10.1. The largest absolute Gasteiger partial charge is 0.493 e. The van der Waals surface area contributed by atoms with Crippen LogP contribution >= 0.6 is 24.0 Å². The highest BCUT2D eigenvalue weighted by Crippen LogP contribution is 2.44. The molecule has 2 aromatic carbocycles. The molecule has 0 saturated carbocycles. The van der Waals surface area contributed by atoms with E-state index in [4.69, 9.17) is 21.7 Å². The molecule has 0 radical (unpaired) electrons. The maximum Gasteiger partial charge on any atom is 0.267 e. The molecule has 6 nitrogen and oxygen atoms in total. The average molecular weight is 441 g/mol. The van der Waals surface area contributed by atoms with Gasteiger partial charge in [-0.2, -0.15) is 0 Å². The fourth-order valence-corrected chi connectivity index (χ4v) is 4.99. The minimum absolute atomic E-state index is 0.184. The van der Waals surface area contributed by atoms with Gasteiger partial charge in [0.2, 0.25) is 0 Å². The van der Waals surface area contributed by atoms with E-state index in [-0.39, 0.29) is 11.8 Å². The molecule has 4 rings (SSSR count). The van der Waals surface area contributed by atoms with E-state index in [2.05, 4.69) is 0 Å². The molecule has 0 spiro atoms. The van der Waals surface area contributed by atoms with Crippen LogP contribution < -0.4 is 14.4 Å². The molecule has 8 heteroatoms. The first kappa shape index (κ1) is 20.4. The summed E-state index contributed by atoms with van der Waals surface area (Å²) >= 11 is 6.66. The molecule has 2 amide bonds. The van der Waals surface area contributed by atoms with Crippen LogP contribution in [0.3, 0.4) is 0 Å². The van der Waals surface area contributed by atoms with Gasteiger partial charge in [-0.3, -0.25) is 14.5 Å². The third-order valence-corrected chi connectivity index (χ3v) is 6.65. The SMILES string of the molecule is COc1ccc(CCN2C(=O)/C(=C3\C(=O)N(C)c4ccccc43)SC2=S)cc1OC. The Balaban J connectivity index is 1.59. The first-order valence-corrected chi connectivity index (χ1v) is 10.5. The van der Waals surface area contributed by atoms with Crippen LogP contribution in [-0.4, -0.2) is 48.8 Å². The van der Waals surface area contributed by atoms with Gasteiger partial charge in [0.05, 0.1) is 30.4 Å². The zero-order valence-electron chi connectivity index (χ0n) is 16.8. The topological polar surface area (TPSA) is 59.1 Å². The number of para-hydroxylation sites is 1. The molecule has 1 fully saturated rings. The fourth-order valence-electron chi connectivity index (χ4n) is 3.61. The molecule has 0 bridgehead atoms. The second-order valence-corrected chi connectivity index (χ2v) is 8.49. The Hall–Kier alpha value is -2.84. The van der Waals surface area contributed by atoms with E-state index in [1.165, 1.54) is 11.8 Å². The molecule has 30 heavy (non-hydrogen) atoms. The number of rotatable bonds is 5. The predicted octanol–water partition coefficient (Wildman–Crippen LogP) is 3.49. The number of methoxy groups -OCH3 is 2. The summed E-state index contributed by atoms with van der Waals surface area (Å²) in [4.78, 5) is 29.5. The van der Waals surface area contributed by atoms with Crippen molar-refractivity contribution >= 4 is 51.4 Å². The number of anilines is 1. The van der Waals surface area contributed by atoms with Gasteiger partial charge in [-0.05, 0) is 30.2 Å². The predicted molar refractivity (Wildman–Crippen MR) is 122 cm³/mol. The van der Waals surface area contributed by atoms with Crippen molar-refractivity contribution in [2.24, 2.45) is 0 Å². The molecular weight excluding hydrogens is 420 g/mol. The second kappa shape index (κ2) is 8.12. The summed E-state index contributed by atoms with van der Waals surface area (Å²) in [5, 5.41) is 0. The molecule has 0 aromatic heterocycles. The van der Waals surface area contributed by atoms with Crippen LogP contribution in [0.2, 0.25) is 0 Å². The summed E-state index contributed by atoms with van der Waals surface area (Å²) < 4.78 is 11.1.